The quantitative estimate of drug-likeness (QED) is 0.772. The highest BCUT2D eigenvalue weighted by Gasteiger charge is 2.00. The van der Waals surface area contributed by atoms with Gasteiger partial charge in [-0.25, -0.2) is 0 Å². The van der Waals surface area contributed by atoms with Gasteiger partial charge in [0, 0.05) is 32.4 Å². The van der Waals surface area contributed by atoms with Crippen molar-refractivity contribution < 1.29 is 5.11 Å². The number of nitrogens with zero attached hydrogens (tertiary/aromatic N) is 3. The van der Waals surface area contributed by atoms with Gasteiger partial charge in [-0.1, -0.05) is 5.21 Å². The number of thiophene rings is 1. The van der Waals surface area contributed by atoms with Crippen LogP contribution in [0.25, 0.3) is 0 Å². The Balaban J connectivity index is 1.73. The summed E-state index contributed by atoms with van der Waals surface area (Å²) in [6.45, 7) is 2.47. The number of hydrogen-bond acceptors (Lipinski definition) is 5. The molecular formula is C11H16N4OS. The van der Waals surface area contributed by atoms with E-state index < -0.39 is 0 Å². The van der Waals surface area contributed by atoms with Crippen LogP contribution in [0.5, 0.6) is 0 Å². The number of aliphatic hydroxyl groups excluding tert-OH is 1. The van der Waals surface area contributed by atoms with E-state index in [9.17, 15) is 0 Å². The third-order valence-electron chi connectivity index (χ3n) is 2.35. The van der Waals surface area contributed by atoms with E-state index in [-0.39, 0.29) is 6.61 Å². The summed E-state index contributed by atoms with van der Waals surface area (Å²) in [5.74, 6) is 0. The summed E-state index contributed by atoms with van der Waals surface area (Å²) in [5, 5.41) is 24.3. The smallest absolute Gasteiger partial charge is 0.0964 e. The van der Waals surface area contributed by atoms with Crippen molar-refractivity contribution >= 4 is 11.3 Å². The lowest BCUT2D eigenvalue weighted by molar-refractivity contribution is 0.276. The van der Waals surface area contributed by atoms with Crippen LogP contribution >= 0.6 is 11.3 Å². The minimum atomic E-state index is 0.186. The highest BCUT2D eigenvalue weighted by atomic mass is 32.1. The van der Waals surface area contributed by atoms with E-state index in [0.29, 0.717) is 13.0 Å². The lowest BCUT2D eigenvalue weighted by Gasteiger charge is -1.99. The van der Waals surface area contributed by atoms with Crippen LogP contribution in [-0.4, -0.2) is 26.7 Å². The molecule has 0 unspecified atom stereocenters. The molecule has 17 heavy (non-hydrogen) atoms. The van der Waals surface area contributed by atoms with Crippen LogP contribution in [0, 0.1) is 0 Å². The fourth-order valence-electron chi connectivity index (χ4n) is 1.49. The molecule has 2 aromatic rings. The number of aromatic nitrogens is 3. The fraction of sp³-hybridized carbons (Fsp3) is 0.455. The van der Waals surface area contributed by atoms with Gasteiger partial charge in [0.15, 0.2) is 0 Å². The summed E-state index contributed by atoms with van der Waals surface area (Å²) in [6, 6.07) is 2.11. The maximum Gasteiger partial charge on any atom is 0.0964 e. The van der Waals surface area contributed by atoms with Crippen molar-refractivity contribution in [2.45, 2.75) is 26.1 Å². The maximum absolute atomic E-state index is 8.71. The molecule has 2 N–H and O–H groups in total. The van der Waals surface area contributed by atoms with E-state index in [4.69, 9.17) is 5.11 Å². The lowest BCUT2D eigenvalue weighted by Crippen LogP contribution is -2.12. The van der Waals surface area contributed by atoms with E-state index in [2.05, 4.69) is 32.5 Å². The van der Waals surface area contributed by atoms with Crippen LogP contribution in [0.3, 0.4) is 0 Å². The molecule has 2 rings (SSSR count). The van der Waals surface area contributed by atoms with Crippen LogP contribution < -0.4 is 5.32 Å². The van der Waals surface area contributed by atoms with E-state index in [1.165, 1.54) is 5.56 Å². The minimum Gasteiger partial charge on any atom is -0.396 e. The Morgan fingerprint density at radius 2 is 2.35 bits per heavy atom. The van der Waals surface area contributed by atoms with Gasteiger partial charge < -0.3 is 10.4 Å². The summed E-state index contributed by atoms with van der Waals surface area (Å²) in [4.78, 5) is 0. The van der Waals surface area contributed by atoms with Crippen LogP contribution in [0.15, 0.2) is 23.0 Å². The molecule has 0 aliphatic carbocycles. The summed E-state index contributed by atoms with van der Waals surface area (Å²) in [5.41, 5.74) is 2.22. The van der Waals surface area contributed by atoms with Crippen molar-refractivity contribution in [3.05, 3.63) is 34.3 Å². The number of nitrogens with one attached hydrogen (secondary N) is 1. The van der Waals surface area contributed by atoms with Gasteiger partial charge in [-0.2, -0.15) is 11.3 Å². The molecule has 2 heterocycles. The highest BCUT2D eigenvalue weighted by Crippen LogP contribution is 2.05. The molecule has 0 aromatic carbocycles. The molecule has 0 radical (unpaired) electrons. The summed E-state index contributed by atoms with van der Waals surface area (Å²) in [7, 11) is 0. The molecule has 0 atom stereocenters. The van der Waals surface area contributed by atoms with Gasteiger partial charge in [0.2, 0.25) is 0 Å². The van der Waals surface area contributed by atoms with E-state index in [0.717, 1.165) is 18.8 Å². The van der Waals surface area contributed by atoms with Gasteiger partial charge in [-0.3, -0.25) is 4.68 Å². The van der Waals surface area contributed by atoms with Crippen molar-refractivity contribution in [3.63, 3.8) is 0 Å². The van der Waals surface area contributed by atoms with E-state index >= 15 is 0 Å². The van der Waals surface area contributed by atoms with E-state index in [1.807, 2.05) is 6.20 Å². The van der Waals surface area contributed by atoms with Crippen molar-refractivity contribution in [2.75, 3.05) is 6.61 Å². The molecule has 2 aromatic heterocycles. The normalized spacial score (nSPS) is 10.9. The molecule has 92 valence electrons. The van der Waals surface area contributed by atoms with E-state index in [1.54, 1.807) is 16.0 Å². The van der Waals surface area contributed by atoms with Crippen molar-refractivity contribution in [1.82, 2.24) is 20.3 Å². The molecule has 6 heteroatoms. The predicted octanol–water partition coefficient (Wildman–Crippen LogP) is 1.01. The molecule has 0 aliphatic rings. The Morgan fingerprint density at radius 1 is 1.41 bits per heavy atom. The predicted molar refractivity (Wildman–Crippen MR) is 66.6 cm³/mol. The third kappa shape index (κ3) is 3.92. The standard InChI is InChI=1S/C11H16N4OS/c16-4-1-3-15-8-11(13-14-15)7-12-6-10-2-5-17-9-10/h2,5,8-9,12,16H,1,3-4,6-7H2. The van der Waals surface area contributed by atoms with Gasteiger partial charge in [0.25, 0.3) is 0 Å². The molecule has 0 saturated heterocycles. The zero-order chi connectivity index (χ0) is 11.9. The molecule has 5 nitrogen and oxygen atoms in total. The molecule has 0 amide bonds. The second kappa shape index (κ2) is 6.48. The first-order valence-electron chi connectivity index (χ1n) is 5.60. The SMILES string of the molecule is OCCCn1cc(CNCc2ccsc2)nn1. The molecule has 0 bridgehead atoms. The molecule has 0 aliphatic heterocycles. The summed E-state index contributed by atoms with van der Waals surface area (Å²) in [6.07, 6.45) is 2.63. The van der Waals surface area contributed by atoms with Gasteiger partial charge in [-0.15, -0.1) is 5.10 Å². The number of aliphatic hydroxyl groups is 1. The topological polar surface area (TPSA) is 63.0 Å². The Kier molecular flexibility index (Phi) is 4.66. The maximum atomic E-state index is 8.71. The lowest BCUT2D eigenvalue weighted by atomic mass is 10.3. The zero-order valence-corrected chi connectivity index (χ0v) is 10.4. The first-order chi connectivity index (χ1) is 8.38. The van der Waals surface area contributed by atoms with Gasteiger partial charge in [0.1, 0.15) is 0 Å². The molecule has 0 saturated carbocycles. The second-order valence-electron chi connectivity index (χ2n) is 3.79. The van der Waals surface area contributed by atoms with Crippen LogP contribution in [0.4, 0.5) is 0 Å². The van der Waals surface area contributed by atoms with Crippen molar-refractivity contribution in [3.8, 4) is 0 Å². The minimum absolute atomic E-state index is 0.186. The molecular weight excluding hydrogens is 236 g/mol. The Morgan fingerprint density at radius 3 is 3.12 bits per heavy atom. The van der Waals surface area contributed by atoms with Gasteiger partial charge >= 0.3 is 0 Å². The molecule has 0 spiro atoms. The molecule has 0 fully saturated rings. The Bertz CT molecular complexity index is 426. The number of rotatable bonds is 7. The Hall–Kier alpha value is -1.24. The largest absolute Gasteiger partial charge is 0.396 e. The van der Waals surface area contributed by atoms with Crippen LogP contribution in [-0.2, 0) is 19.6 Å². The summed E-state index contributed by atoms with van der Waals surface area (Å²) >= 11 is 1.70. The van der Waals surface area contributed by atoms with Crippen LogP contribution in [0.2, 0.25) is 0 Å². The fourth-order valence-corrected chi connectivity index (χ4v) is 2.16. The highest BCUT2D eigenvalue weighted by molar-refractivity contribution is 7.07. The average Bonchev–Trinajstić information content (AvgIpc) is 2.98. The monoisotopic (exact) mass is 252 g/mol. The average molecular weight is 252 g/mol. The zero-order valence-electron chi connectivity index (χ0n) is 9.54. The second-order valence-corrected chi connectivity index (χ2v) is 4.57. The van der Waals surface area contributed by atoms with Crippen molar-refractivity contribution in [2.24, 2.45) is 0 Å². The Labute approximate surface area is 104 Å². The van der Waals surface area contributed by atoms with Gasteiger partial charge in [0.05, 0.1) is 5.69 Å². The number of hydrogen-bond donors (Lipinski definition) is 2. The third-order valence-corrected chi connectivity index (χ3v) is 3.08. The van der Waals surface area contributed by atoms with Crippen LogP contribution in [0.1, 0.15) is 17.7 Å². The summed E-state index contributed by atoms with van der Waals surface area (Å²) < 4.78 is 1.76. The first-order valence-corrected chi connectivity index (χ1v) is 6.54. The number of aryl methyl sites for hydroxylation is 1. The van der Waals surface area contributed by atoms with Gasteiger partial charge in [-0.05, 0) is 28.8 Å². The first kappa shape index (κ1) is 12.2. The van der Waals surface area contributed by atoms with Crippen molar-refractivity contribution in [1.29, 1.82) is 0 Å².